The lowest BCUT2D eigenvalue weighted by Gasteiger charge is -2.16. The summed E-state index contributed by atoms with van der Waals surface area (Å²) in [5.41, 5.74) is 3.08. The molecule has 1 heterocycles. The molecule has 3 aromatic rings. The van der Waals surface area contributed by atoms with Gasteiger partial charge >= 0.3 is 0 Å². The lowest BCUT2D eigenvalue weighted by molar-refractivity contribution is -0.117. The predicted molar refractivity (Wildman–Crippen MR) is 115 cm³/mol. The molecular weight excluding hydrogens is 360 g/mol. The quantitative estimate of drug-likeness (QED) is 0.657. The zero-order valence-corrected chi connectivity index (χ0v) is 17.3. The number of nitrogens with zero attached hydrogens (tertiary/aromatic N) is 3. The first kappa shape index (κ1) is 20.3. The third kappa shape index (κ3) is 4.55. The van der Waals surface area contributed by atoms with Crippen molar-refractivity contribution >= 4 is 11.7 Å². The molecule has 1 amide bonds. The molecule has 0 fully saturated rings. The number of nitrogens with one attached hydrogen (secondary N) is 1. The van der Waals surface area contributed by atoms with E-state index in [9.17, 15) is 4.79 Å². The van der Waals surface area contributed by atoms with Crippen LogP contribution >= 0.6 is 0 Å². The summed E-state index contributed by atoms with van der Waals surface area (Å²) in [6, 6.07) is 21.0. The van der Waals surface area contributed by atoms with Crippen LogP contribution in [0.5, 0.6) is 0 Å². The average molecular weight is 386 g/mol. The number of carbonyl (C=O) groups is 1. The van der Waals surface area contributed by atoms with Gasteiger partial charge in [-0.25, -0.2) is 4.68 Å². The lowest BCUT2D eigenvalue weighted by atomic mass is 9.92. The standard InChI is InChI=1S/C24H26N4O/c1-5-20(18-9-7-6-8-10-18)23(29)26-22-15-21(24(2,3)4)27-28(22)19-13-11-17(16-25)12-14-19/h6-15,20H,5H2,1-4H3,(H,26,29). The fraction of sp³-hybridized carbons (Fsp3) is 0.292. The number of nitriles is 1. The Morgan fingerprint density at radius 3 is 2.34 bits per heavy atom. The van der Waals surface area contributed by atoms with Crippen LogP contribution in [-0.4, -0.2) is 15.7 Å². The lowest BCUT2D eigenvalue weighted by Crippen LogP contribution is -2.22. The van der Waals surface area contributed by atoms with Gasteiger partial charge in [0.05, 0.1) is 28.9 Å². The van der Waals surface area contributed by atoms with Crippen LogP contribution in [0, 0.1) is 11.3 Å². The Labute approximate surface area is 172 Å². The zero-order chi connectivity index (χ0) is 21.0. The molecule has 1 unspecified atom stereocenters. The SMILES string of the molecule is CCC(C(=O)Nc1cc(C(C)(C)C)nn1-c1ccc(C#N)cc1)c1ccccc1. The molecule has 0 saturated carbocycles. The Kier molecular flexibility index (Phi) is 5.84. The summed E-state index contributed by atoms with van der Waals surface area (Å²) in [5.74, 6) is 0.326. The summed E-state index contributed by atoms with van der Waals surface area (Å²) in [4.78, 5) is 13.1. The topological polar surface area (TPSA) is 70.7 Å². The van der Waals surface area contributed by atoms with Crippen LogP contribution in [0.15, 0.2) is 60.7 Å². The molecule has 2 aromatic carbocycles. The molecule has 5 heteroatoms. The van der Waals surface area contributed by atoms with Crippen molar-refractivity contribution < 1.29 is 4.79 Å². The second-order valence-electron chi connectivity index (χ2n) is 8.10. The van der Waals surface area contributed by atoms with E-state index in [4.69, 9.17) is 10.4 Å². The van der Waals surface area contributed by atoms with E-state index in [0.717, 1.165) is 16.9 Å². The second kappa shape index (κ2) is 8.32. The molecule has 0 saturated heterocycles. The third-order valence-corrected chi connectivity index (χ3v) is 4.90. The molecular formula is C24H26N4O. The van der Waals surface area contributed by atoms with Crippen molar-refractivity contribution in [3.8, 4) is 11.8 Å². The zero-order valence-electron chi connectivity index (χ0n) is 17.3. The molecule has 1 atom stereocenters. The number of benzene rings is 2. The average Bonchev–Trinajstić information content (AvgIpc) is 3.13. The summed E-state index contributed by atoms with van der Waals surface area (Å²) >= 11 is 0. The highest BCUT2D eigenvalue weighted by Crippen LogP contribution is 2.28. The van der Waals surface area contributed by atoms with Gasteiger partial charge in [0.1, 0.15) is 5.82 Å². The molecule has 29 heavy (non-hydrogen) atoms. The highest BCUT2D eigenvalue weighted by molar-refractivity contribution is 5.95. The van der Waals surface area contributed by atoms with Gasteiger partial charge < -0.3 is 5.32 Å². The number of rotatable bonds is 5. The van der Waals surface area contributed by atoms with Crippen molar-refractivity contribution in [3.63, 3.8) is 0 Å². The molecule has 0 spiro atoms. The smallest absolute Gasteiger partial charge is 0.233 e. The van der Waals surface area contributed by atoms with Gasteiger partial charge in [-0.2, -0.15) is 10.4 Å². The molecule has 5 nitrogen and oxygen atoms in total. The van der Waals surface area contributed by atoms with Crippen LogP contribution in [0.2, 0.25) is 0 Å². The van der Waals surface area contributed by atoms with Crippen LogP contribution in [0.4, 0.5) is 5.82 Å². The van der Waals surface area contributed by atoms with Crippen LogP contribution in [-0.2, 0) is 10.2 Å². The highest BCUT2D eigenvalue weighted by Gasteiger charge is 2.24. The van der Waals surface area contributed by atoms with Gasteiger partial charge in [-0.1, -0.05) is 58.0 Å². The number of hydrogen-bond donors (Lipinski definition) is 1. The van der Waals surface area contributed by atoms with Crippen LogP contribution in [0.3, 0.4) is 0 Å². The fourth-order valence-corrected chi connectivity index (χ4v) is 3.18. The molecule has 0 aliphatic carbocycles. The van der Waals surface area contributed by atoms with E-state index < -0.39 is 0 Å². The molecule has 1 N–H and O–H groups in total. The van der Waals surface area contributed by atoms with E-state index >= 15 is 0 Å². The maximum Gasteiger partial charge on any atom is 0.233 e. The van der Waals surface area contributed by atoms with Crippen molar-refractivity contribution in [2.24, 2.45) is 0 Å². The second-order valence-corrected chi connectivity index (χ2v) is 8.10. The Morgan fingerprint density at radius 2 is 1.79 bits per heavy atom. The maximum absolute atomic E-state index is 13.1. The first-order valence-corrected chi connectivity index (χ1v) is 9.80. The third-order valence-electron chi connectivity index (χ3n) is 4.90. The van der Waals surface area contributed by atoms with Gasteiger partial charge in [0.15, 0.2) is 0 Å². The van der Waals surface area contributed by atoms with Gasteiger partial charge in [0, 0.05) is 11.5 Å². The first-order chi connectivity index (χ1) is 13.8. The molecule has 0 aliphatic heterocycles. The van der Waals surface area contributed by atoms with Gasteiger partial charge in [0.25, 0.3) is 0 Å². The molecule has 148 valence electrons. The number of hydrogen-bond acceptors (Lipinski definition) is 3. The Balaban J connectivity index is 1.97. The van der Waals surface area contributed by atoms with Gasteiger partial charge in [0.2, 0.25) is 5.91 Å². The Bertz CT molecular complexity index is 1020. The normalized spacial score (nSPS) is 12.2. The Morgan fingerprint density at radius 1 is 1.14 bits per heavy atom. The number of amides is 1. The highest BCUT2D eigenvalue weighted by atomic mass is 16.2. The first-order valence-electron chi connectivity index (χ1n) is 9.80. The number of anilines is 1. The fourth-order valence-electron chi connectivity index (χ4n) is 3.18. The van der Waals surface area contributed by atoms with Crippen LogP contribution in [0.25, 0.3) is 5.69 Å². The minimum Gasteiger partial charge on any atom is -0.310 e. The van der Waals surface area contributed by atoms with E-state index in [1.54, 1.807) is 16.8 Å². The summed E-state index contributed by atoms with van der Waals surface area (Å²) in [6.07, 6.45) is 0.701. The minimum atomic E-state index is -0.237. The molecule has 0 bridgehead atoms. The van der Waals surface area contributed by atoms with E-state index in [2.05, 4.69) is 32.2 Å². The minimum absolute atomic E-state index is 0.0612. The maximum atomic E-state index is 13.1. The van der Waals surface area contributed by atoms with Crippen molar-refractivity contribution in [2.45, 2.75) is 45.4 Å². The summed E-state index contributed by atoms with van der Waals surface area (Å²) in [5, 5.41) is 16.9. The van der Waals surface area contributed by atoms with E-state index in [1.807, 2.05) is 55.5 Å². The Hall–Kier alpha value is -3.39. The van der Waals surface area contributed by atoms with Crippen molar-refractivity contribution in [2.75, 3.05) is 5.32 Å². The summed E-state index contributed by atoms with van der Waals surface area (Å²) in [7, 11) is 0. The van der Waals surface area contributed by atoms with Crippen molar-refractivity contribution in [3.05, 3.63) is 77.5 Å². The molecule has 1 aromatic heterocycles. The number of aromatic nitrogens is 2. The van der Waals surface area contributed by atoms with Crippen LogP contribution < -0.4 is 5.32 Å². The number of carbonyl (C=O) groups excluding carboxylic acids is 1. The summed E-state index contributed by atoms with van der Waals surface area (Å²) in [6.45, 7) is 8.27. The monoisotopic (exact) mass is 386 g/mol. The van der Waals surface area contributed by atoms with E-state index in [1.165, 1.54) is 0 Å². The van der Waals surface area contributed by atoms with Gasteiger partial charge in [-0.05, 0) is 36.2 Å². The van der Waals surface area contributed by atoms with E-state index in [0.29, 0.717) is 17.8 Å². The van der Waals surface area contributed by atoms with E-state index in [-0.39, 0.29) is 17.2 Å². The van der Waals surface area contributed by atoms with Crippen LogP contribution in [0.1, 0.15) is 56.9 Å². The molecule has 0 aliphatic rings. The summed E-state index contributed by atoms with van der Waals surface area (Å²) < 4.78 is 1.73. The molecule has 0 radical (unpaired) electrons. The molecule has 3 rings (SSSR count). The van der Waals surface area contributed by atoms with Crippen molar-refractivity contribution in [1.82, 2.24) is 9.78 Å². The predicted octanol–water partition coefficient (Wildman–Crippen LogP) is 5.17. The largest absolute Gasteiger partial charge is 0.310 e. The van der Waals surface area contributed by atoms with Gasteiger partial charge in [-0.3, -0.25) is 4.79 Å². The van der Waals surface area contributed by atoms with Crippen molar-refractivity contribution in [1.29, 1.82) is 5.26 Å². The van der Waals surface area contributed by atoms with Gasteiger partial charge in [-0.15, -0.1) is 0 Å².